The van der Waals surface area contributed by atoms with E-state index in [1.807, 2.05) is 69.3 Å². The van der Waals surface area contributed by atoms with Gasteiger partial charge in [-0.25, -0.2) is 0 Å². The van der Waals surface area contributed by atoms with Crippen molar-refractivity contribution in [1.82, 2.24) is 4.90 Å². The fourth-order valence-electron chi connectivity index (χ4n) is 7.17. The lowest BCUT2D eigenvalue weighted by Crippen LogP contribution is -2.59. The highest BCUT2D eigenvalue weighted by molar-refractivity contribution is 6.34. The van der Waals surface area contributed by atoms with Crippen LogP contribution in [0.25, 0.3) is 0 Å². The molecule has 0 radical (unpaired) electrons. The van der Waals surface area contributed by atoms with Gasteiger partial charge in [0.15, 0.2) is 0 Å². The molecule has 9 heteroatoms. The largest absolute Gasteiger partial charge is 0.394 e. The molecule has 4 heterocycles. The van der Waals surface area contributed by atoms with Gasteiger partial charge in [0.05, 0.1) is 40.8 Å². The highest BCUT2D eigenvalue weighted by atomic mass is 35.5. The third kappa shape index (κ3) is 4.07. The van der Waals surface area contributed by atoms with Gasteiger partial charge in [-0.2, -0.15) is 0 Å². The molecule has 0 saturated carbocycles. The molecule has 1 N–H and O–H groups in total. The van der Waals surface area contributed by atoms with E-state index in [-0.39, 0.29) is 36.8 Å². The smallest absolute Gasteiger partial charge is 0.253 e. The number of hydrogen-bond donors (Lipinski definition) is 1. The molecule has 0 bridgehead atoms. The van der Waals surface area contributed by atoms with E-state index in [9.17, 15) is 19.5 Å². The molecule has 1 unspecified atom stereocenters. The van der Waals surface area contributed by atoms with Crippen molar-refractivity contribution in [3.8, 4) is 0 Å². The maximum absolute atomic E-state index is 14.6. The van der Waals surface area contributed by atoms with Gasteiger partial charge in [-0.05, 0) is 37.1 Å². The Morgan fingerprint density at radius 3 is 2.24 bits per heavy atom. The van der Waals surface area contributed by atoms with Crippen LogP contribution in [0.5, 0.6) is 0 Å². The van der Waals surface area contributed by atoms with Crippen LogP contribution < -0.4 is 9.80 Å². The van der Waals surface area contributed by atoms with Crippen molar-refractivity contribution in [2.75, 3.05) is 29.5 Å². The Morgan fingerprint density at radius 2 is 1.56 bits per heavy atom. The third-order valence-corrected chi connectivity index (χ3v) is 9.34. The minimum Gasteiger partial charge on any atom is -0.394 e. The van der Waals surface area contributed by atoms with Crippen LogP contribution in [0.3, 0.4) is 0 Å². The summed E-state index contributed by atoms with van der Waals surface area (Å²) in [4.78, 5) is 48.4. The molecule has 2 aromatic carbocycles. The molecule has 6 rings (SSSR count). The van der Waals surface area contributed by atoms with E-state index in [0.717, 1.165) is 5.69 Å². The first-order valence-electron chi connectivity index (χ1n) is 14.1. The van der Waals surface area contributed by atoms with E-state index in [1.54, 1.807) is 40.1 Å². The fraction of sp³-hybridized carbons (Fsp3) is 0.406. The Bertz CT molecular complexity index is 1440. The van der Waals surface area contributed by atoms with Gasteiger partial charge in [0, 0.05) is 18.8 Å². The maximum atomic E-state index is 14.6. The number of amides is 3. The number of carbonyl (C=O) groups excluding carboxylic acids is 3. The molecule has 2 saturated heterocycles. The zero-order valence-corrected chi connectivity index (χ0v) is 24.1. The summed E-state index contributed by atoms with van der Waals surface area (Å²) in [6.45, 7) is 5.84. The molecule has 1 spiro atoms. The quantitative estimate of drug-likeness (QED) is 0.547. The number of likely N-dealkylation sites (tertiary alicyclic amines) is 1. The molecule has 0 aliphatic carbocycles. The molecule has 8 nitrogen and oxygen atoms in total. The van der Waals surface area contributed by atoms with Crippen molar-refractivity contribution < 1.29 is 24.2 Å². The zero-order chi connectivity index (χ0) is 29.1. The zero-order valence-electron chi connectivity index (χ0n) is 23.3. The predicted molar refractivity (Wildman–Crippen MR) is 156 cm³/mol. The molecule has 2 fully saturated rings. The van der Waals surface area contributed by atoms with E-state index in [4.69, 9.17) is 16.3 Å². The topological polar surface area (TPSA) is 90.4 Å². The van der Waals surface area contributed by atoms with E-state index in [0.29, 0.717) is 17.3 Å². The van der Waals surface area contributed by atoms with Crippen LogP contribution in [0.2, 0.25) is 5.02 Å². The van der Waals surface area contributed by atoms with Crippen molar-refractivity contribution in [3.63, 3.8) is 0 Å². The number of ether oxygens (including phenoxy) is 1. The molecule has 3 amide bonds. The number of anilines is 2. The molecule has 214 valence electrons. The average molecular weight is 576 g/mol. The number of halogens is 1. The number of aliphatic hydroxyl groups is 1. The van der Waals surface area contributed by atoms with Crippen LogP contribution in [0.4, 0.5) is 11.4 Å². The number of para-hydroxylation sites is 2. The van der Waals surface area contributed by atoms with Crippen molar-refractivity contribution >= 4 is 40.7 Å². The van der Waals surface area contributed by atoms with Gasteiger partial charge in [0.25, 0.3) is 5.91 Å². The monoisotopic (exact) mass is 575 g/mol. The second kappa shape index (κ2) is 10.1. The fourth-order valence-corrected chi connectivity index (χ4v) is 7.40. The molecule has 4 aliphatic heterocycles. The van der Waals surface area contributed by atoms with Gasteiger partial charge in [0.1, 0.15) is 11.6 Å². The minimum atomic E-state index is -1.43. The van der Waals surface area contributed by atoms with E-state index < -0.39 is 35.1 Å². The average Bonchev–Trinajstić information content (AvgIpc) is 3.21. The lowest BCUT2D eigenvalue weighted by atomic mass is 9.74. The molecule has 41 heavy (non-hydrogen) atoms. The molecular weight excluding hydrogens is 542 g/mol. The lowest BCUT2D eigenvalue weighted by molar-refractivity contribution is -0.149. The van der Waals surface area contributed by atoms with Crippen LogP contribution in [-0.4, -0.2) is 70.7 Å². The number of rotatable bonds is 5. The minimum absolute atomic E-state index is 0.162. The number of aliphatic hydroxyl groups excluding tert-OH is 1. The Kier molecular flexibility index (Phi) is 6.83. The Hall–Kier alpha value is -3.46. The van der Waals surface area contributed by atoms with Gasteiger partial charge in [-0.1, -0.05) is 80.1 Å². The third-order valence-electron chi connectivity index (χ3n) is 9.02. The van der Waals surface area contributed by atoms with Gasteiger partial charge >= 0.3 is 0 Å². The van der Waals surface area contributed by atoms with E-state index in [1.165, 1.54) is 4.90 Å². The first kappa shape index (κ1) is 27.7. The van der Waals surface area contributed by atoms with Crippen LogP contribution in [0, 0.1) is 17.8 Å². The molecule has 4 aliphatic rings. The summed E-state index contributed by atoms with van der Waals surface area (Å²) in [7, 11) is 0. The number of carbonyl (C=O) groups is 3. The first-order chi connectivity index (χ1) is 19.6. The van der Waals surface area contributed by atoms with Gasteiger partial charge in [0.2, 0.25) is 11.8 Å². The Balaban J connectivity index is 1.52. The van der Waals surface area contributed by atoms with Crippen molar-refractivity contribution in [1.29, 1.82) is 0 Å². The van der Waals surface area contributed by atoms with Crippen LogP contribution >= 0.6 is 11.6 Å². The summed E-state index contributed by atoms with van der Waals surface area (Å²) in [5, 5.41) is 10.9. The number of nitrogens with zero attached hydrogens (tertiary/aromatic N) is 3. The predicted octanol–water partition coefficient (Wildman–Crippen LogP) is 3.83. The normalized spacial score (nSPS) is 31.7. The van der Waals surface area contributed by atoms with Crippen LogP contribution in [0.1, 0.15) is 20.8 Å². The second-order valence-corrected chi connectivity index (χ2v) is 12.1. The van der Waals surface area contributed by atoms with E-state index >= 15 is 0 Å². The molecule has 2 aromatic rings. The number of hydrogen-bond acceptors (Lipinski definition) is 5. The van der Waals surface area contributed by atoms with Crippen molar-refractivity contribution in [3.05, 3.63) is 83.9 Å². The summed E-state index contributed by atoms with van der Waals surface area (Å²) >= 11 is 6.54. The molecule has 0 aromatic heterocycles. The molecule has 6 atom stereocenters. The first-order valence-corrected chi connectivity index (χ1v) is 14.4. The van der Waals surface area contributed by atoms with Gasteiger partial charge in [-0.15, -0.1) is 0 Å². The maximum Gasteiger partial charge on any atom is 0.253 e. The Labute approximate surface area is 244 Å². The molecular formula is C32H34ClN3O5. The van der Waals surface area contributed by atoms with Crippen LogP contribution in [-0.2, 0) is 19.1 Å². The van der Waals surface area contributed by atoms with Gasteiger partial charge in [-0.3, -0.25) is 14.4 Å². The van der Waals surface area contributed by atoms with Crippen molar-refractivity contribution in [2.24, 2.45) is 17.8 Å². The number of fused-ring (bicyclic) bond motifs is 2. The summed E-state index contributed by atoms with van der Waals surface area (Å²) in [6, 6.07) is 14.7. The highest BCUT2D eigenvalue weighted by Gasteiger charge is 2.75. The van der Waals surface area contributed by atoms with Crippen molar-refractivity contribution in [2.45, 2.75) is 44.1 Å². The van der Waals surface area contributed by atoms with E-state index in [2.05, 4.69) is 0 Å². The number of benzene rings is 2. The second-order valence-electron chi connectivity index (χ2n) is 11.7. The summed E-state index contributed by atoms with van der Waals surface area (Å²) in [5.74, 6) is -3.00. The summed E-state index contributed by atoms with van der Waals surface area (Å²) in [5.41, 5.74) is -1.32. The lowest BCUT2D eigenvalue weighted by Gasteiger charge is -2.41. The highest BCUT2D eigenvalue weighted by Crippen LogP contribution is 2.58. The van der Waals surface area contributed by atoms with Crippen LogP contribution in [0.15, 0.2) is 78.9 Å². The SMILES string of the molecule is CC(C)[C@H](CO)N1C(=O)[C@@H]2[C@@H]3C(=O)N(c4ccccc4)CC=C[C@]3(C)O[C@@]23C=CCN(c2ccccc2Cl)C(=O)C13. The van der Waals surface area contributed by atoms with Gasteiger partial charge < -0.3 is 24.5 Å². The Morgan fingerprint density at radius 1 is 0.902 bits per heavy atom. The summed E-state index contributed by atoms with van der Waals surface area (Å²) in [6.07, 6.45) is 7.38. The standard InChI is InChI=1S/C32H34ClN3O5/c1-20(2)24(19-37)36-27-30(40)35(23-14-8-7-13-22(23)33)18-10-16-32(27)26(29(36)39)25-28(38)34(21-11-5-4-6-12-21)17-9-15-31(25,3)41-32/h4-16,20,24-27,37H,17-19H2,1-3H3/t24-,25+,26-,27?,31-,32-/m0/s1. The summed E-state index contributed by atoms with van der Waals surface area (Å²) < 4.78 is 6.90.